The van der Waals surface area contributed by atoms with Crippen LogP contribution in [-0.4, -0.2) is 61.5 Å². The van der Waals surface area contributed by atoms with Crippen molar-refractivity contribution in [3.63, 3.8) is 0 Å². The van der Waals surface area contributed by atoms with Crippen molar-refractivity contribution < 1.29 is 13.9 Å². The molecule has 10 heteroatoms. The SMILES string of the molecule is CC(C)C(C)c1nc(Cl)c2cnc(N[C@@H]3CCN(C(=O)OC(C)(C)C)C[C@H]3F)nn12. The molecule has 3 heterocycles. The minimum Gasteiger partial charge on any atom is -0.444 e. The van der Waals surface area contributed by atoms with Gasteiger partial charge in [-0.15, -0.1) is 5.10 Å². The summed E-state index contributed by atoms with van der Waals surface area (Å²) in [5.41, 5.74) is -0.000672. The Balaban J connectivity index is 1.72. The van der Waals surface area contributed by atoms with Gasteiger partial charge in [0.15, 0.2) is 5.15 Å². The van der Waals surface area contributed by atoms with Crippen LogP contribution in [0.5, 0.6) is 0 Å². The lowest BCUT2D eigenvalue weighted by molar-refractivity contribution is 0.0125. The summed E-state index contributed by atoms with van der Waals surface area (Å²) in [6.45, 7) is 12.0. The lowest BCUT2D eigenvalue weighted by atomic mass is 9.98. The molecule has 1 amide bonds. The van der Waals surface area contributed by atoms with Gasteiger partial charge in [0.2, 0.25) is 5.95 Å². The zero-order chi connectivity index (χ0) is 22.2. The van der Waals surface area contributed by atoms with E-state index in [2.05, 4.69) is 41.2 Å². The fourth-order valence-electron chi connectivity index (χ4n) is 3.26. The number of ether oxygens (including phenoxy) is 1. The predicted octanol–water partition coefficient (Wildman–Crippen LogP) is 4.30. The standard InChI is InChI=1S/C20H30ClFN6O2/c1-11(2)12(3)17-25-16(21)15-9-23-18(26-28(15)17)24-14-7-8-27(10-13(14)22)19(29)30-20(4,5)6/h9,11-14H,7-8,10H2,1-6H3,(H,24,26)/t12?,13-,14-/m1/s1. The van der Waals surface area contributed by atoms with E-state index in [9.17, 15) is 9.18 Å². The highest BCUT2D eigenvalue weighted by Crippen LogP contribution is 2.27. The Morgan fingerprint density at radius 2 is 2.07 bits per heavy atom. The largest absolute Gasteiger partial charge is 0.444 e. The van der Waals surface area contributed by atoms with Crippen molar-refractivity contribution in [1.82, 2.24) is 24.5 Å². The molecule has 1 aliphatic rings. The van der Waals surface area contributed by atoms with E-state index in [1.807, 2.05) is 0 Å². The topological polar surface area (TPSA) is 84.7 Å². The Morgan fingerprint density at radius 1 is 1.37 bits per heavy atom. The number of nitrogens with one attached hydrogen (secondary N) is 1. The normalized spacial score (nSPS) is 21.2. The highest BCUT2D eigenvalue weighted by atomic mass is 35.5. The minimum absolute atomic E-state index is 0.0403. The molecule has 2 aromatic rings. The summed E-state index contributed by atoms with van der Waals surface area (Å²) >= 11 is 6.24. The average molecular weight is 441 g/mol. The number of hydrogen-bond donors (Lipinski definition) is 1. The number of amides is 1. The van der Waals surface area contributed by atoms with Crippen LogP contribution in [0.4, 0.5) is 15.1 Å². The van der Waals surface area contributed by atoms with Gasteiger partial charge in [0.05, 0.1) is 18.8 Å². The van der Waals surface area contributed by atoms with Crippen LogP contribution in [0.1, 0.15) is 59.7 Å². The van der Waals surface area contributed by atoms with Gasteiger partial charge in [-0.05, 0) is 33.1 Å². The first-order valence-corrected chi connectivity index (χ1v) is 10.6. The number of rotatable bonds is 4. The Bertz CT molecular complexity index is 913. The predicted molar refractivity (Wildman–Crippen MR) is 114 cm³/mol. The number of carbonyl (C=O) groups is 1. The van der Waals surface area contributed by atoms with Crippen molar-refractivity contribution >= 4 is 29.2 Å². The number of aromatic nitrogens is 4. The summed E-state index contributed by atoms with van der Waals surface area (Å²) in [6.07, 6.45) is 0.235. The third-order valence-electron chi connectivity index (χ3n) is 5.29. The van der Waals surface area contributed by atoms with Gasteiger partial charge < -0.3 is 15.0 Å². The maximum Gasteiger partial charge on any atom is 0.410 e. The second-order valence-corrected chi connectivity index (χ2v) is 9.51. The third kappa shape index (κ3) is 4.94. The van der Waals surface area contributed by atoms with Crippen LogP contribution in [0.15, 0.2) is 6.20 Å². The fraction of sp³-hybridized carbons (Fsp3) is 0.700. The second-order valence-electron chi connectivity index (χ2n) is 9.15. The number of fused-ring (bicyclic) bond motifs is 1. The van der Waals surface area contributed by atoms with Crippen LogP contribution in [-0.2, 0) is 4.74 Å². The van der Waals surface area contributed by atoms with E-state index in [1.165, 1.54) is 4.90 Å². The van der Waals surface area contributed by atoms with E-state index in [0.29, 0.717) is 35.5 Å². The van der Waals surface area contributed by atoms with Crippen LogP contribution in [0.3, 0.4) is 0 Å². The lowest BCUT2D eigenvalue weighted by Gasteiger charge is -2.35. The molecule has 3 rings (SSSR count). The number of piperidine rings is 1. The van der Waals surface area contributed by atoms with Crippen molar-refractivity contribution in [3.8, 4) is 0 Å². The van der Waals surface area contributed by atoms with Gasteiger partial charge in [-0.25, -0.2) is 23.7 Å². The highest BCUT2D eigenvalue weighted by Gasteiger charge is 2.34. The summed E-state index contributed by atoms with van der Waals surface area (Å²) < 4.78 is 21.8. The van der Waals surface area contributed by atoms with E-state index < -0.39 is 23.9 Å². The van der Waals surface area contributed by atoms with Crippen molar-refractivity contribution in [1.29, 1.82) is 0 Å². The number of likely N-dealkylation sites (tertiary alicyclic amines) is 1. The van der Waals surface area contributed by atoms with Gasteiger partial charge >= 0.3 is 6.09 Å². The Kier molecular flexibility index (Phi) is 6.40. The fourth-order valence-corrected chi connectivity index (χ4v) is 3.47. The van der Waals surface area contributed by atoms with E-state index in [0.717, 1.165) is 5.82 Å². The smallest absolute Gasteiger partial charge is 0.410 e. The molecule has 3 atom stereocenters. The molecule has 1 N–H and O–H groups in total. The van der Waals surface area contributed by atoms with Gasteiger partial charge in [0.1, 0.15) is 23.1 Å². The number of halogens is 2. The van der Waals surface area contributed by atoms with Gasteiger partial charge in [0.25, 0.3) is 0 Å². The summed E-state index contributed by atoms with van der Waals surface area (Å²) in [5.74, 6) is 1.53. The van der Waals surface area contributed by atoms with Crippen molar-refractivity contribution in [2.75, 3.05) is 18.4 Å². The number of nitrogens with zero attached hydrogens (tertiary/aromatic N) is 5. The molecule has 0 bridgehead atoms. The first kappa shape index (κ1) is 22.5. The Labute approximate surface area is 181 Å². The van der Waals surface area contributed by atoms with E-state index in [4.69, 9.17) is 16.3 Å². The molecule has 1 aliphatic heterocycles. The molecular weight excluding hydrogens is 411 g/mol. The molecule has 0 radical (unpaired) electrons. The minimum atomic E-state index is -1.27. The van der Waals surface area contributed by atoms with Gasteiger partial charge in [-0.1, -0.05) is 32.4 Å². The maximum atomic E-state index is 14.8. The zero-order valence-corrected chi connectivity index (χ0v) is 19.1. The van der Waals surface area contributed by atoms with Gasteiger partial charge in [-0.3, -0.25) is 0 Å². The molecule has 1 unspecified atom stereocenters. The van der Waals surface area contributed by atoms with E-state index >= 15 is 0 Å². The molecule has 166 valence electrons. The lowest BCUT2D eigenvalue weighted by Crippen LogP contribution is -2.51. The monoisotopic (exact) mass is 440 g/mol. The Hall–Kier alpha value is -2.16. The van der Waals surface area contributed by atoms with Crippen LogP contribution in [0.25, 0.3) is 5.52 Å². The average Bonchev–Trinajstić information content (AvgIpc) is 2.97. The molecule has 30 heavy (non-hydrogen) atoms. The number of anilines is 1. The molecule has 0 saturated carbocycles. The number of hydrogen-bond acceptors (Lipinski definition) is 6. The van der Waals surface area contributed by atoms with Crippen LogP contribution in [0, 0.1) is 5.92 Å². The number of carbonyl (C=O) groups excluding carboxylic acids is 1. The van der Waals surface area contributed by atoms with Crippen molar-refractivity contribution in [2.45, 2.75) is 71.7 Å². The molecule has 1 fully saturated rings. The van der Waals surface area contributed by atoms with Crippen LogP contribution >= 0.6 is 11.6 Å². The van der Waals surface area contributed by atoms with Crippen LogP contribution < -0.4 is 5.32 Å². The second kappa shape index (κ2) is 8.53. The third-order valence-corrected chi connectivity index (χ3v) is 5.57. The molecule has 0 spiro atoms. The van der Waals surface area contributed by atoms with Crippen molar-refractivity contribution in [2.24, 2.45) is 5.92 Å². The molecule has 8 nitrogen and oxygen atoms in total. The number of imidazole rings is 1. The maximum absolute atomic E-state index is 14.8. The van der Waals surface area contributed by atoms with E-state index in [1.54, 1.807) is 31.5 Å². The molecule has 2 aromatic heterocycles. The molecule has 1 saturated heterocycles. The molecule has 0 aliphatic carbocycles. The van der Waals surface area contributed by atoms with E-state index in [-0.39, 0.29) is 12.5 Å². The Morgan fingerprint density at radius 3 is 2.67 bits per heavy atom. The summed E-state index contributed by atoms with van der Waals surface area (Å²) in [7, 11) is 0. The first-order valence-electron chi connectivity index (χ1n) is 10.3. The quantitative estimate of drug-likeness (QED) is 0.763. The molecule has 0 aromatic carbocycles. The highest BCUT2D eigenvalue weighted by molar-refractivity contribution is 6.32. The zero-order valence-electron chi connectivity index (χ0n) is 18.3. The van der Waals surface area contributed by atoms with Crippen molar-refractivity contribution in [3.05, 3.63) is 17.2 Å². The van der Waals surface area contributed by atoms with Gasteiger partial charge in [-0.2, -0.15) is 0 Å². The van der Waals surface area contributed by atoms with Gasteiger partial charge in [0, 0.05) is 12.5 Å². The first-order chi connectivity index (χ1) is 14.0. The summed E-state index contributed by atoms with van der Waals surface area (Å²) in [5, 5.41) is 7.92. The van der Waals surface area contributed by atoms with Crippen LogP contribution in [0.2, 0.25) is 5.15 Å². The molecular formula is C20H30ClFN6O2. The summed E-state index contributed by atoms with van der Waals surface area (Å²) in [6, 6.07) is -0.508. The number of alkyl halides is 1. The summed E-state index contributed by atoms with van der Waals surface area (Å²) in [4.78, 5) is 22.3.